The van der Waals surface area contributed by atoms with Crippen molar-refractivity contribution in [3.8, 4) is 0 Å². The van der Waals surface area contributed by atoms with Gasteiger partial charge in [-0.2, -0.15) is 0 Å². The summed E-state index contributed by atoms with van der Waals surface area (Å²) in [5, 5.41) is 13.4. The van der Waals surface area contributed by atoms with E-state index in [1.165, 1.54) is 28.0 Å². The Balaban J connectivity index is 1.56. The van der Waals surface area contributed by atoms with Crippen molar-refractivity contribution in [1.29, 1.82) is 0 Å². The van der Waals surface area contributed by atoms with Crippen LogP contribution in [0.1, 0.15) is 28.8 Å². The molecule has 3 aromatic heterocycles. The van der Waals surface area contributed by atoms with E-state index in [2.05, 4.69) is 15.5 Å². The van der Waals surface area contributed by atoms with Crippen molar-refractivity contribution in [3.63, 3.8) is 0 Å². The van der Waals surface area contributed by atoms with Crippen LogP contribution in [0.15, 0.2) is 9.95 Å². The average molecular weight is 452 g/mol. The van der Waals surface area contributed by atoms with Crippen molar-refractivity contribution >= 4 is 55.7 Å². The third-order valence-corrected chi connectivity index (χ3v) is 7.80. The molecule has 3 heterocycles. The molecule has 154 valence electrons. The number of amides is 1. The fourth-order valence-electron chi connectivity index (χ4n) is 3.28. The predicted molar refractivity (Wildman–Crippen MR) is 116 cm³/mol. The lowest BCUT2D eigenvalue weighted by molar-refractivity contribution is -0.113. The van der Waals surface area contributed by atoms with Crippen molar-refractivity contribution in [1.82, 2.24) is 19.7 Å². The molecule has 0 bridgehead atoms. The summed E-state index contributed by atoms with van der Waals surface area (Å²) in [7, 11) is 1.60. The van der Waals surface area contributed by atoms with E-state index in [1.807, 2.05) is 6.92 Å². The summed E-state index contributed by atoms with van der Waals surface area (Å²) < 4.78 is 6.81. The first-order valence-electron chi connectivity index (χ1n) is 9.39. The third-order valence-electron chi connectivity index (χ3n) is 4.66. The summed E-state index contributed by atoms with van der Waals surface area (Å²) in [4.78, 5) is 32.3. The molecule has 0 radical (unpaired) electrons. The highest BCUT2D eigenvalue weighted by Gasteiger charge is 2.23. The van der Waals surface area contributed by atoms with Crippen molar-refractivity contribution in [2.24, 2.45) is 0 Å². The van der Waals surface area contributed by atoms with Crippen LogP contribution in [-0.2, 0) is 35.3 Å². The van der Waals surface area contributed by atoms with Crippen LogP contribution in [0, 0.1) is 0 Å². The Hall–Kier alpha value is -1.82. The van der Waals surface area contributed by atoms with Gasteiger partial charge in [0.25, 0.3) is 5.56 Å². The molecule has 11 heteroatoms. The largest absolute Gasteiger partial charge is 0.383 e. The van der Waals surface area contributed by atoms with Crippen LogP contribution < -0.4 is 10.9 Å². The van der Waals surface area contributed by atoms with Crippen molar-refractivity contribution in [2.45, 2.75) is 44.3 Å². The molecule has 3 aromatic rings. The van der Waals surface area contributed by atoms with Gasteiger partial charge in [-0.3, -0.25) is 19.5 Å². The number of anilines is 1. The molecule has 1 amide bonds. The molecule has 0 spiro atoms. The van der Waals surface area contributed by atoms with E-state index in [9.17, 15) is 9.59 Å². The normalized spacial score (nSPS) is 13.2. The van der Waals surface area contributed by atoms with Crippen LogP contribution in [0.25, 0.3) is 10.2 Å². The molecular formula is C18H21N5O3S3. The monoisotopic (exact) mass is 451 g/mol. The smallest absolute Gasteiger partial charge is 0.263 e. The number of rotatable bonds is 8. The summed E-state index contributed by atoms with van der Waals surface area (Å²) in [5.74, 6) is -0.0630. The second kappa shape index (κ2) is 8.90. The number of carbonyl (C=O) groups excluding carboxylic acids is 1. The number of thioether (sulfide) groups is 1. The number of thiophene rings is 1. The number of fused-ring (bicyclic) bond motifs is 3. The molecule has 4 rings (SSSR count). The minimum Gasteiger partial charge on any atom is -0.383 e. The van der Waals surface area contributed by atoms with E-state index >= 15 is 0 Å². The van der Waals surface area contributed by atoms with Crippen LogP contribution >= 0.6 is 34.4 Å². The summed E-state index contributed by atoms with van der Waals surface area (Å²) in [5.41, 5.74) is 1.12. The van der Waals surface area contributed by atoms with Crippen molar-refractivity contribution < 1.29 is 9.53 Å². The van der Waals surface area contributed by atoms with E-state index in [0.717, 1.165) is 46.5 Å². The zero-order chi connectivity index (χ0) is 20.4. The van der Waals surface area contributed by atoms with Gasteiger partial charge in [-0.25, -0.2) is 4.98 Å². The lowest BCUT2D eigenvalue weighted by Crippen LogP contribution is -2.26. The van der Waals surface area contributed by atoms with Crippen LogP contribution in [-0.4, -0.2) is 45.1 Å². The number of hydrogen-bond donors (Lipinski definition) is 1. The highest BCUT2D eigenvalue weighted by atomic mass is 32.2. The van der Waals surface area contributed by atoms with E-state index in [1.54, 1.807) is 23.0 Å². The summed E-state index contributed by atoms with van der Waals surface area (Å²) in [6, 6.07) is 0. The van der Waals surface area contributed by atoms with E-state index in [4.69, 9.17) is 9.72 Å². The molecule has 0 saturated carbocycles. The molecular weight excluding hydrogens is 430 g/mol. The number of hydrogen-bond acceptors (Lipinski definition) is 9. The van der Waals surface area contributed by atoms with Crippen molar-refractivity contribution in [3.05, 3.63) is 25.8 Å². The lowest BCUT2D eigenvalue weighted by atomic mass is 10.2. The molecule has 0 aromatic carbocycles. The first-order chi connectivity index (χ1) is 14.1. The molecule has 8 nitrogen and oxygen atoms in total. The molecule has 0 saturated heterocycles. The Bertz CT molecular complexity index is 1100. The molecule has 0 unspecified atom stereocenters. The van der Waals surface area contributed by atoms with Gasteiger partial charge in [0.1, 0.15) is 9.84 Å². The third kappa shape index (κ3) is 4.23. The van der Waals surface area contributed by atoms with Gasteiger partial charge in [-0.1, -0.05) is 30.0 Å². The maximum Gasteiger partial charge on any atom is 0.263 e. The molecule has 0 fully saturated rings. The first kappa shape index (κ1) is 20.5. The quantitative estimate of drug-likeness (QED) is 0.415. The van der Waals surface area contributed by atoms with E-state index < -0.39 is 0 Å². The van der Waals surface area contributed by atoms with Gasteiger partial charge in [0.15, 0.2) is 5.16 Å². The van der Waals surface area contributed by atoms with Gasteiger partial charge in [-0.05, 0) is 31.2 Å². The maximum atomic E-state index is 13.2. The van der Waals surface area contributed by atoms with E-state index in [0.29, 0.717) is 23.4 Å². The Morgan fingerprint density at radius 2 is 2.17 bits per heavy atom. The number of aryl methyl sites for hydroxylation is 3. The molecule has 0 aliphatic heterocycles. The van der Waals surface area contributed by atoms with Crippen LogP contribution in [0.3, 0.4) is 0 Å². The van der Waals surface area contributed by atoms with Gasteiger partial charge in [0.05, 0.1) is 24.3 Å². The maximum absolute atomic E-state index is 13.2. The van der Waals surface area contributed by atoms with Gasteiger partial charge in [0.2, 0.25) is 11.0 Å². The second-order valence-electron chi connectivity index (χ2n) is 6.57. The number of nitrogens with one attached hydrogen (secondary N) is 1. The SMILES string of the molecule is CCc1nnc(NC(=O)CSc2nc3sc4c(c3c(=O)n2CCOC)CCC4)s1. The highest BCUT2D eigenvalue weighted by Crippen LogP contribution is 2.35. The van der Waals surface area contributed by atoms with Crippen LogP contribution in [0.2, 0.25) is 0 Å². The van der Waals surface area contributed by atoms with Crippen LogP contribution in [0.4, 0.5) is 5.13 Å². The van der Waals surface area contributed by atoms with Gasteiger partial charge in [-0.15, -0.1) is 21.5 Å². The summed E-state index contributed by atoms with van der Waals surface area (Å²) >= 11 is 4.22. The zero-order valence-corrected chi connectivity index (χ0v) is 18.6. The molecule has 0 atom stereocenters. The summed E-state index contributed by atoms with van der Waals surface area (Å²) in [6.45, 7) is 2.80. The molecule has 1 N–H and O–H groups in total. The number of methoxy groups -OCH3 is 1. The topological polar surface area (TPSA) is 99.0 Å². The second-order valence-corrected chi connectivity index (χ2v) is 9.66. The minimum absolute atomic E-state index is 0.0360. The molecule has 1 aliphatic carbocycles. The Kier molecular flexibility index (Phi) is 6.28. The molecule has 1 aliphatic rings. The van der Waals surface area contributed by atoms with Gasteiger partial charge in [0, 0.05) is 12.0 Å². The Labute approximate surface area is 179 Å². The number of carbonyl (C=O) groups is 1. The first-order valence-corrected chi connectivity index (χ1v) is 12.0. The van der Waals surface area contributed by atoms with Gasteiger partial charge < -0.3 is 4.74 Å². The minimum atomic E-state index is -0.199. The van der Waals surface area contributed by atoms with Crippen LogP contribution in [0.5, 0.6) is 0 Å². The fraction of sp³-hybridized carbons (Fsp3) is 0.500. The molecule has 29 heavy (non-hydrogen) atoms. The standard InChI is InChI=1S/C18H21N5O3S3/c1-3-13-21-22-17(29-13)19-12(24)9-27-18-20-15-14(10-5-4-6-11(10)28-15)16(25)23(18)7-8-26-2/h3-9H2,1-2H3,(H,19,22,24). The van der Waals surface area contributed by atoms with E-state index in [-0.39, 0.29) is 17.2 Å². The van der Waals surface area contributed by atoms with Crippen molar-refractivity contribution in [2.75, 3.05) is 24.8 Å². The Morgan fingerprint density at radius 3 is 2.93 bits per heavy atom. The average Bonchev–Trinajstić information content (AvgIpc) is 3.41. The highest BCUT2D eigenvalue weighted by molar-refractivity contribution is 7.99. The number of nitrogens with zero attached hydrogens (tertiary/aromatic N) is 4. The lowest BCUT2D eigenvalue weighted by Gasteiger charge is -2.11. The number of aromatic nitrogens is 4. The number of ether oxygens (including phenoxy) is 1. The zero-order valence-electron chi connectivity index (χ0n) is 16.2. The predicted octanol–water partition coefficient (Wildman–Crippen LogP) is 2.74. The fourth-order valence-corrected chi connectivity index (χ4v) is 6.10. The summed E-state index contributed by atoms with van der Waals surface area (Å²) in [6.07, 6.45) is 3.83. The van der Waals surface area contributed by atoms with Gasteiger partial charge >= 0.3 is 0 Å². The Morgan fingerprint density at radius 1 is 1.31 bits per heavy atom.